The molecule has 2 heteroatoms. The molecular formula is C8H18OS. The highest BCUT2D eigenvalue weighted by Crippen LogP contribution is 2.07. The molecule has 1 atom stereocenters. The zero-order valence-electron chi connectivity index (χ0n) is 6.97. The van der Waals surface area contributed by atoms with Gasteiger partial charge in [-0.1, -0.05) is 20.3 Å². The highest BCUT2D eigenvalue weighted by Gasteiger charge is 1.98. The highest BCUT2D eigenvalue weighted by molar-refractivity contribution is 7.99. The van der Waals surface area contributed by atoms with Gasteiger partial charge in [-0.2, -0.15) is 11.8 Å². The Bertz CT molecular complexity index is 66.3. The van der Waals surface area contributed by atoms with Crippen LogP contribution in [0.1, 0.15) is 33.1 Å². The second-order valence-electron chi connectivity index (χ2n) is 2.49. The van der Waals surface area contributed by atoms with Gasteiger partial charge in [-0.25, -0.2) is 0 Å². The third-order valence-corrected chi connectivity index (χ3v) is 2.62. The summed E-state index contributed by atoms with van der Waals surface area (Å²) in [5, 5.41) is 9.14. The first-order chi connectivity index (χ1) is 4.81. The molecule has 0 aliphatic heterocycles. The molecule has 0 aromatic heterocycles. The fraction of sp³-hybridized carbons (Fsp3) is 1.00. The van der Waals surface area contributed by atoms with Crippen molar-refractivity contribution in [1.29, 1.82) is 0 Å². The first kappa shape index (κ1) is 10.3. The van der Waals surface area contributed by atoms with E-state index in [0.717, 1.165) is 12.2 Å². The molecule has 0 aromatic carbocycles. The molecule has 10 heavy (non-hydrogen) atoms. The van der Waals surface area contributed by atoms with E-state index in [-0.39, 0.29) is 6.10 Å². The number of hydrogen-bond acceptors (Lipinski definition) is 2. The van der Waals surface area contributed by atoms with Crippen molar-refractivity contribution in [3.05, 3.63) is 0 Å². The summed E-state index contributed by atoms with van der Waals surface area (Å²) in [6.45, 7) is 4.21. The van der Waals surface area contributed by atoms with Crippen LogP contribution in [-0.4, -0.2) is 22.7 Å². The van der Waals surface area contributed by atoms with Crippen LogP contribution in [0.15, 0.2) is 0 Å². The smallest absolute Gasteiger partial charge is 0.0628 e. The minimum Gasteiger partial charge on any atom is -0.392 e. The van der Waals surface area contributed by atoms with Gasteiger partial charge in [-0.3, -0.25) is 0 Å². The Balaban J connectivity index is 2.89. The molecule has 0 saturated heterocycles. The topological polar surface area (TPSA) is 20.2 Å². The van der Waals surface area contributed by atoms with Crippen LogP contribution in [0.2, 0.25) is 0 Å². The Hall–Kier alpha value is 0.310. The molecule has 0 aliphatic rings. The molecule has 62 valence electrons. The molecule has 0 saturated carbocycles. The SMILES string of the molecule is CCCCSCC(O)CC. The summed E-state index contributed by atoms with van der Waals surface area (Å²) in [7, 11) is 0. The van der Waals surface area contributed by atoms with Crippen LogP contribution in [0.4, 0.5) is 0 Å². The number of aliphatic hydroxyl groups excluding tert-OH is 1. The Labute approximate surface area is 68.2 Å². The summed E-state index contributed by atoms with van der Waals surface area (Å²) in [6, 6.07) is 0. The van der Waals surface area contributed by atoms with Gasteiger partial charge in [0.25, 0.3) is 0 Å². The molecule has 1 N–H and O–H groups in total. The fourth-order valence-corrected chi connectivity index (χ4v) is 1.75. The molecule has 0 amide bonds. The zero-order chi connectivity index (χ0) is 7.82. The summed E-state index contributed by atoms with van der Waals surface area (Å²) in [5.74, 6) is 2.12. The second-order valence-corrected chi connectivity index (χ2v) is 3.64. The van der Waals surface area contributed by atoms with E-state index in [9.17, 15) is 0 Å². The predicted molar refractivity (Wildman–Crippen MR) is 48.5 cm³/mol. The van der Waals surface area contributed by atoms with Gasteiger partial charge in [0.1, 0.15) is 0 Å². The third-order valence-electron chi connectivity index (χ3n) is 1.42. The van der Waals surface area contributed by atoms with E-state index in [1.54, 1.807) is 0 Å². The predicted octanol–water partition coefficient (Wildman–Crippen LogP) is 2.29. The number of thioether (sulfide) groups is 1. The highest BCUT2D eigenvalue weighted by atomic mass is 32.2. The maximum absolute atomic E-state index is 9.14. The van der Waals surface area contributed by atoms with Gasteiger partial charge < -0.3 is 5.11 Å². The van der Waals surface area contributed by atoms with Crippen molar-refractivity contribution in [1.82, 2.24) is 0 Å². The van der Waals surface area contributed by atoms with Crippen molar-refractivity contribution >= 4 is 11.8 Å². The van der Waals surface area contributed by atoms with Gasteiger partial charge in [-0.15, -0.1) is 0 Å². The molecule has 0 heterocycles. The molecule has 0 aromatic rings. The van der Waals surface area contributed by atoms with E-state index in [1.165, 1.54) is 18.6 Å². The van der Waals surface area contributed by atoms with Gasteiger partial charge >= 0.3 is 0 Å². The maximum atomic E-state index is 9.14. The van der Waals surface area contributed by atoms with Crippen molar-refractivity contribution in [3.8, 4) is 0 Å². The lowest BCUT2D eigenvalue weighted by Crippen LogP contribution is -2.07. The van der Waals surface area contributed by atoms with Crippen molar-refractivity contribution in [2.45, 2.75) is 39.2 Å². The molecule has 0 rings (SSSR count). The van der Waals surface area contributed by atoms with E-state index in [0.29, 0.717) is 0 Å². The zero-order valence-corrected chi connectivity index (χ0v) is 7.78. The van der Waals surface area contributed by atoms with Crippen LogP contribution >= 0.6 is 11.8 Å². The van der Waals surface area contributed by atoms with Gasteiger partial charge in [0.2, 0.25) is 0 Å². The van der Waals surface area contributed by atoms with Crippen molar-refractivity contribution in [2.24, 2.45) is 0 Å². The Morgan fingerprint density at radius 2 is 2.10 bits per heavy atom. The van der Waals surface area contributed by atoms with Crippen LogP contribution < -0.4 is 0 Å². The van der Waals surface area contributed by atoms with Crippen molar-refractivity contribution in [2.75, 3.05) is 11.5 Å². The van der Waals surface area contributed by atoms with Gasteiger partial charge in [0.15, 0.2) is 0 Å². The van der Waals surface area contributed by atoms with Crippen LogP contribution in [0, 0.1) is 0 Å². The first-order valence-electron chi connectivity index (χ1n) is 4.07. The minimum absolute atomic E-state index is 0.0816. The summed E-state index contributed by atoms with van der Waals surface area (Å²) in [6.07, 6.45) is 3.34. The maximum Gasteiger partial charge on any atom is 0.0628 e. The summed E-state index contributed by atoms with van der Waals surface area (Å²) >= 11 is 1.86. The largest absolute Gasteiger partial charge is 0.392 e. The summed E-state index contributed by atoms with van der Waals surface area (Å²) in [5.41, 5.74) is 0. The number of hydrogen-bond donors (Lipinski definition) is 1. The number of unbranched alkanes of at least 4 members (excludes halogenated alkanes) is 1. The molecule has 1 nitrogen and oxygen atoms in total. The van der Waals surface area contributed by atoms with E-state index in [1.807, 2.05) is 18.7 Å². The van der Waals surface area contributed by atoms with Crippen molar-refractivity contribution < 1.29 is 5.11 Å². The van der Waals surface area contributed by atoms with Crippen LogP contribution in [0.25, 0.3) is 0 Å². The van der Waals surface area contributed by atoms with E-state index < -0.39 is 0 Å². The molecule has 1 unspecified atom stereocenters. The van der Waals surface area contributed by atoms with Crippen LogP contribution in [-0.2, 0) is 0 Å². The summed E-state index contributed by atoms with van der Waals surface area (Å²) < 4.78 is 0. The minimum atomic E-state index is -0.0816. The molecule has 0 radical (unpaired) electrons. The van der Waals surface area contributed by atoms with Gasteiger partial charge in [0, 0.05) is 5.75 Å². The lowest BCUT2D eigenvalue weighted by molar-refractivity contribution is 0.195. The molecule has 0 bridgehead atoms. The first-order valence-corrected chi connectivity index (χ1v) is 5.22. The van der Waals surface area contributed by atoms with Crippen molar-refractivity contribution in [3.63, 3.8) is 0 Å². The Morgan fingerprint density at radius 1 is 1.40 bits per heavy atom. The van der Waals surface area contributed by atoms with Crippen LogP contribution in [0.3, 0.4) is 0 Å². The molecule has 0 fully saturated rings. The van der Waals surface area contributed by atoms with Gasteiger partial charge in [0.05, 0.1) is 6.10 Å². The van der Waals surface area contributed by atoms with E-state index >= 15 is 0 Å². The number of rotatable bonds is 6. The second kappa shape index (κ2) is 7.42. The van der Waals surface area contributed by atoms with E-state index in [4.69, 9.17) is 5.11 Å². The normalized spacial score (nSPS) is 13.5. The Kier molecular flexibility index (Phi) is 7.65. The quantitative estimate of drug-likeness (QED) is 0.605. The molecule has 0 spiro atoms. The molecule has 0 aliphatic carbocycles. The standard InChI is InChI=1S/C8H18OS/c1-3-5-6-10-7-8(9)4-2/h8-9H,3-7H2,1-2H3. The number of aliphatic hydroxyl groups is 1. The average Bonchev–Trinajstić information content (AvgIpc) is 1.98. The van der Waals surface area contributed by atoms with Gasteiger partial charge in [-0.05, 0) is 18.6 Å². The Morgan fingerprint density at radius 3 is 2.60 bits per heavy atom. The summed E-state index contributed by atoms with van der Waals surface area (Å²) in [4.78, 5) is 0. The monoisotopic (exact) mass is 162 g/mol. The lowest BCUT2D eigenvalue weighted by Gasteiger charge is -2.05. The average molecular weight is 162 g/mol. The fourth-order valence-electron chi connectivity index (χ4n) is 0.584. The lowest BCUT2D eigenvalue weighted by atomic mass is 10.3. The van der Waals surface area contributed by atoms with E-state index in [2.05, 4.69) is 6.92 Å². The molecular weight excluding hydrogens is 144 g/mol. The van der Waals surface area contributed by atoms with Crippen LogP contribution in [0.5, 0.6) is 0 Å². The third kappa shape index (κ3) is 6.43.